The van der Waals surface area contributed by atoms with Crippen LogP contribution >= 0.6 is 55.9 Å². The maximum absolute atomic E-state index is 14.7. The van der Waals surface area contributed by atoms with Crippen LogP contribution in [0.4, 0.5) is 15.3 Å². The number of benzene rings is 2. The molecule has 0 bridgehead atoms. The molecule has 4 heterocycles. The summed E-state index contributed by atoms with van der Waals surface area (Å²) in [6.07, 6.45) is -4.87. The Hall–Kier alpha value is -7.00. The number of allylic oxidation sites excluding steroid dienone is 2. The number of methoxy groups -OCH3 is 4. The summed E-state index contributed by atoms with van der Waals surface area (Å²) in [5, 5.41) is 73.4. The number of nitrogens with one attached hydrogen (secondary N) is 6. The third kappa shape index (κ3) is 32.8. The number of halogens is 1. The molecule has 15 N–H and O–H groups in total. The number of urea groups is 1. The molecular weight excluding hydrogens is 2030 g/mol. The standard InChI is InChI=1S/C103H154IN9O28S3/c1-17-113(54-70(116)33-23-21-19-18-20-22-26-43-107-44-29-46-109-101(127)134-55-66-35-37-69(38-36-66)110-95(123)68(32-28-45-108-100(106)126)50-74(117)84(57(2)3)111-96(124)67(48-60(7)114)31-24-25-42-105)73-56-133-79(52-78(73)129-13)139-92-87(121)85(63(10)136-99(92)138-77-34-27-30-59(6)39-41-102-72(49-61(8)115)76(119)53-103(102,128)71(82(77)102)40-47-142-144-58(4)5)112-141-80-51-75(118)94(65(12)135-80)143-97(125)81-62(9)83(104)90(93(132-16)89(81)130-14)140-98-88(122)91(131-15)86(120)64(11)137-98/h30,35-38,40,57-58,63-65,67-68,72-73,75,77-80,82,84-88,91-92,94,98-99,107,112,118,120-122,128H,17-26,28-29,31-33,42-56,105H2,1-16H3,(H,109,127)(H,110,123)(H,111,124)(H3,106,108,126)/b59-30-,71-40+/t63-,64+,65-,67-,68-,72?,73+,75+,77+,78+,79+,80+,82?,84+,85-,86+,87+,88-,91-,92-,94-,98+,99+,102?,103+/m1/s1. The van der Waals surface area contributed by atoms with E-state index in [-0.39, 0.29) is 140 Å². The van der Waals surface area contributed by atoms with Gasteiger partial charge < -0.3 is 130 Å². The van der Waals surface area contributed by atoms with Crippen LogP contribution in [0, 0.1) is 69.2 Å². The summed E-state index contributed by atoms with van der Waals surface area (Å²) >= 11 is 2.83. The average molecular weight is 2190 g/mol. The van der Waals surface area contributed by atoms with Crippen LogP contribution < -0.4 is 57.7 Å². The van der Waals surface area contributed by atoms with Crippen LogP contribution in [-0.4, -0.2) is 302 Å². The number of hydrogen-bond acceptors (Lipinski definition) is 35. The zero-order chi connectivity index (χ0) is 105. The zero-order valence-corrected chi connectivity index (χ0v) is 90.5. The number of rotatable bonds is 59. The van der Waals surface area contributed by atoms with E-state index in [4.69, 9.17) is 73.1 Å². The largest absolute Gasteiger partial charge is 0.492 e. The molecule has 9 rings (SSSR count). The molecule has 5 amide bonds. The van der Waals surface area contributed by atoms with Crippen LogP contribution in [0.1, 0.15) is 226 Å². The number of ketones is 5. The van der Waals surface area contributed by atoms with Gasteiger partial charge in [0.1, 0.15) is 72.0 Å². The van der Waals surface area contributed by atoms with E-state index >= 15 is 0 Å². The fraction of sp³-hybridized carbons (Fsp3) is 0.709. The summed E-state index contributed by atoms with van der Waals surface area (Å²) in [5.41, 5.74) is 13.2. The number of likely N-dealkylation sites (N-methyl/N-ethyl adjacent to an activating group) is 1. The highest BCUT2D eigenvalue weighted by Crippen LogP contribution is 2.70. The number of aliphatic hydroxyl groups is 5. The lowest BCUT2D eigenvalue weighted by Gasteiger charge is -2.60. The molecule has 3 aliphatic carbocycles. The van der Waals surface area contributed by atoms with Gasteiger partial charge in [-0.05, 0) is 183 Å². The minimum atomic E-state index is -1.79. The molecule has 7 aliphatic rings. The van der Waals surface area contributed by atoms with E-state index in [1.54, 1.807) is 108 Å². The quantitative estimate of drug-likeness (QED) is 0.00732. The van der Waals surface area contributed by atoms with E-state index < -0.39 is 173 Å². The van der Waals surface area contributed by atoms with Gasteiger partial charge in [0.25, 0.3) is 0 Å². The van der Waals surface area contributed by atoms with Crippen LogP contribution in [0.2, 0.25) is 0 Å². The second-order valence-corrected chi connectivity index (χ2v) is 44.1. The van der Waals surface area contributed by atoms with Gasteiger partial charge in [0, 0.05) is 118 Å². The van der Waals surface area contributed by atoms with E-state index in [0.29, 0.717) is 102 Å². The van der Waals surface area contributed by atoms with E-state index in [2.05, 4.69) is 69.6 Å². The van der Waals surface area contributed by atoms with Gasteiger partial charge in [-0.25, -0.2) is 9.59 Å². The van der Waals surface area contributed by atoms with Crippen LogP contribution in [0.3, 0.4) is 0 Å². The summed E-state index contributed by atoms with van der Waals surface area (Å²) in [6, 6.07) is 3.59. The van der Waals surface area contributed by atoms with Gasteiger partial charge in [-0.15, -0.1) is 0 Å². The first-order chi connectivity index (χ1) is 68.7. The fourth-order valence-electron chi connectivity index (χ4n) is 19.8. The number of ether oxygens (including phenoxy) is 12. The molecule has 4 aliphatic heterocycles. The number of amides is 5. The molecule has 0 radical (unpaired) electrons. The highest BCUT2D eigenvalue weighted by Gasteiger charge is 2.78. The second-order valence-electron chi connectivity index (χ2n) is 38.9. The number of primary amides is 1. The molecule has 25 atom stereocenters. The van der Waals surface area contributed by atoms with Crippen molar-refractivity contribution in [3.63, 3.8) is 0 Å². The van der Waals surface area contributed by atoms with E-state index in [1.807, 2.05) is 40.5 Å². The van der Waals surface area contributed by atoms with Crippen molar-refractivity contribution in [2.45, 2.75) is 345 Å². The van der Waals surface area contributed by atoms with Gasteiger partial charge in [0.15, 0.2) is 36.2 Å². The van der Waals surface area contributed by atoms with Crippen molar-refractivity contribution in [2.75, 3.05) is 91.9 Å². The Kier molecular flexibility index (Phi) is 49.4. The first-order valence-electron chi connectivity index (χ1n) is 50.4. The molecule has 804 valence electrons. The molecule has 2 aromatic rings. The average Bonchev–Trinajstić information content (AvgIpc) is 1.48. The molecule has 1 spiro atoms. The minimum Gasteiger partial charge on any atom is -0.492 e. The molecule has 37 nitrogen and oxygen atoms in total. The van der Waals surface area contributed by atoms with E-state index in [9.17, 15) is 73.5 Å². The third-order valence-corrected chi connectivity index (χ3v) is 33.0. The van der Waals surface area contributed by atoms with Crippen molar-refractivity contribution < 1.29 is 135 Å². The second kappa shape index (κ2) is 59.0. The smallest absolute Gasteiger partial charge is 0.407 e. The fourth-order valence-corrected chi connectivity index (χ4v) is 23.4. The molecule has 144 heavy (non-hydrogen) atoms. The summed E-state index contributed by atoms with van der Waals surface area (Å²) in [4.78, 5) is 142. The first-order valence-corrected chi connectivity index (χ1v) is 54.7. The third-order valence-electron chi connectivity index (χ3n) is 27.5. The monoisotopic (exact) mass is 2190 g/mol. The van der Waals surface area contributed by atoms with Crippen LogP contribution in [0.25, 0.3) is 0 Å². The molecule has 3 unspecified atom stereocenters. The number of hydroxylamine groups is 1. The minimum absolute atomic E-state index is 0.0124. The number of nitrogens with zero attached hydrogens (tertiary/aromatic N) is 1. The number of unbranched alkanes of at least 4 members (excludes halogenated alkanes) is 7. The zero-order valence-electron chi connectivity index (χ0n) is 85.9. The van der Waals surface area contributed by atoms with Gasteiger partial charge in [0.05, 0.1) is 95.8 Å². The van der Waals surface area contributed by atoms with Crippen molar-refractivity contribution in [3.05, 3.63) is 67.8 Å². The Labute approximate surface area is 872 Å². The lowest BCUT2D eigenvalue weighted by molar-refractivity contribution is -0.344. The van der Waals surface area contributed by atoms with E-state index in [0.717, 1.165) is 63.3 Å². The number of alkyl carbamates (subject to hydrolysis) is 1. The number of thioether (sulfide) groups is 1. The highest BCUT2D eigenvalue weighted by molar-refractivity contribution is 14.1. The summed E-state index contributed by atoms with van der Waals surface area (Å²) in [6.45, 7) is 24.2. The lowest BCUT2D eigenvalue weighted by Crippen LogP contribution is -2.69. The predicted molar refractivity (Wildman–Crippen MR) is 553 cm³/mol. The maximum atomic E-state index is 14.7. The van der Waals surface area contributed by atoms with Gasteiger partial charge in [-0.3, -0.25) is 38.5 Å². The lowest BCUT2D eigenvalue weighted by atomic mass is 9.44. The van der Waals surface area contributed by atoms with Crippen molar-refractivity contribution >= 4 is 120 Å². The summed E-state index contributed by atoms with van der Waals surface area (Å²) < 4.78 is 75.2. The van der Waals surface area contributed by atoms with Gasteiger partial charge in [0.2, 0.25) is 29.0 Å². The van der Waals surface area contributed by atoms with Gasteiger partial charge >= 0.3 is 12.1 Å². The number of hydrogen-bond donors (Lipinski definition) is 13. The van der Waals surface area contributed by atoms with Gasteiger partial charge in [-0.2, -0.15) is 5.48 Å². The van der Waals surface area contributed by atoms with Crippen LogP contribution in [-0.2, 0) is 87.6 Å². The molecular formula is C103H154IN9O28S3. The molecule has 41 heteroatoms. The molecule has 6 fully saturated rings. The van der Waals surface area contributed by atoms with Crippen LogP contribution in [0.15, 0.2) is 47.6 Å². The number of carbonyl (C=O) groups excluding carboxylic acids is 10. The highest BCUT2D eigenvalue weighted by atomic mass is 127. The molecule has 2 aromatic carbocycles. The van der Waals surface area contributed by atoms with E-state index in [1.165, 1.54) is 35.2 Å². The number of nitrogens with two attached hydrogens (primary N) is 2. The number of Topliss-reactive ketones (excluding diaryl/α,β-unsaturated/α-hetero) is 5. The molecule has 0 aromatic heterocycles. The Morgan fingerprint density at radius 2 is 1.42 bits per heavy atom. The Balaban J connectivity index is 0.746. The van der Waals surface area contributed by atoms with Crippen molar-refractivity contribution in [3.8, 4) is 40.9 Å². The van der Waals surface area contributed by atoms with Crippen molar-refractivity contribution in [1.82, 2.24) is 31.6 Å². The number of aliphatic hydroxyl groups excluding tert-OH is 4. The topological polar surface area (TPSA) is 519 Å². The summed E-state index contributed by atoms with van der Waals surface area (Å²) in [7, 11) is 8.88. The first kappa shape index (κ1) is 121. The Morgan fingerprint density at radius 1 is 0.736 bits per heavy atom. The van der Waals surface area contributed by atoms with Gasteiger partial charge in [-0.1, -0.05) is 148 Å². The Morgan fingerprint density at radius 3 is 2.07 bits per heavy atom. The molecule has 2 saturated carbocycles. The summed E-state index contributed by atoms with van der Waals surface area (Å²) in [5.74, 6) is 7.95. The number of anilines is 1. The van der Waals surface area contributed by atoms with Crippen molar-refractivity contribution in [2.24, 2.45) is 46.5 Å². The maximum Gasteiger partial charge on any atom is 0.407 e. The number of carbonyl (C=O) groups is 10. The SMILES string of the molecule is CCN(CC(=O)CCCCCCCCCNCCCNC(=O)OCc1ccc(NC(=O)[C@H](CCCNC(N)=O)CC(=O)[C@@H](NC(=O)[C@H](CCCCN)CC(C)=O)C(C)C)cc1)[C@H]1CO[C@@H](O[C@H]2[C@H](O[C@H]3C#C/C=C(/C)C#CC45C(CC(C)=O)C(=O)C[C@]4(O)/C(=C/CSSC(C)C)C35)O[C@H](C)[C@@H](NO[C@H]3C[C@H](O)[C@H](SC(=O)c4c(C)c(I)c(O[C@@H]5O[C@@H](C)[C@H](O)[C@@H](OC)[C@H]5O)c(OC)c4OC)[C@@H](C)O3)[C@@H]2O)C[C@@H]1OC. The van der Waals surface area contributed by atoms with Crippen LogP contribution in [0.5, 0.6) is 17.2 Å². The van der Waals surface area contributed by atoms with Crippen molar-refractivity contribution in [1.29, 1.82) is 0 Å². The predicted octanol–water partition coefficient (Wildman–Crippen LogP) is 9.45. The normalized spacial score (nSPS) is 28.9. The Bertz CT molecular complexity index is 4800. The molecule has 4 saturated heterocycles.